The number of benzene rings is 8. The standard InChI is InChI=1S/C50H35NS/c1-49(2)40-22-11-8-19-36(40)39-28-27-35(31-43(39)49)51(34-17-4-3-5-18-34)45-25-14-26-46-48(45)50(44-29-32-15-6-7-16-33(32)30-47(44)52-46)41-23-12-9-20-37(41)38-21-10-13-24-42(38)50/h3-31H,1-2H3. The molecule has 246 valence electrons. The zero-order valence-electron chi connectivity index (χ0n) is 29.1. The van der Waals surface area contributed by atoms with Crippen LogP contribution in [0.25, 0.3) is 33.0 Å². The van der Waals surface area contributed by atoms with E-state index in [1.165, 1.54) is 87.6 Å². The molecule has 0 fully saturated rings. The molecule has 11 rings (SSSR count). The fraction of sp³-hybridized carbons (Fsp3) is 0.0800. The summed E-state index contributed by atoms with van der Waals surface area (Å²) in [6, 6.07) is 66.0. The average molecular weight is 682 g/mol. The van der Waals surface area contributed by atoms with E-state index in [2.05, 4.69) is 195 Å². The molecule has 1 spiro atoms. The van der Waals surface area contributed by atoms with E-state index in [0.717, 1.165) is 5.69 Å². The summed E-state index contributed by atoms with van der Waals surface area (Å²) in [4.78, 5) is 5.13. The Labute approximate surface area is 309 Å². The van der Waals surface area contributed by atoms with Crippen molar-refractivity contribution in [2.45, 2.75) is 34.5 Å². The summed E-state index contributed by atoms with van der Waals surface area (Å²) in [6.45, 7) is 4.75. The molecule has 2 heteroatoms. The van der Waals surface area contributed by atoms with Crippen molar-refractivity contribution in [1.29, 1.82) is 0 Å². The van der Waals surface area contributed by atoms with Gasteiger partial charge in [-0.1, -0.05) is 153 Å². The maximum absolute atomic E-state index is 2.52. The van der Waals surface area contributed by atoms with Crippen LogP contribution >= 0.6 is 11.8 Å². The minimum Gasteiger partial charge on any atom is -0.310 e. The zero-order chi connectivity index (χ0) is 34.6. The molecule has 0 saturated carbocycles. The third kappa shape index (κ3) is 3.91. The van der Waals surface area contributed by atoms with Crippen molar-refractivity contribution in [3.63, 3.8) is 0 Å². The van der Waals surface area contributed by atoms with Crippen LogP contribution in [-0.2, 0) is 10.8 Å². The molecule has 2 aliphatic carbocycles. The van der Waals surface area contributed by atoms with Crippen molar-refractivity contribution in [2.24, 2.45) is 0 Å². The molecule has 0 aromatic heterocycles. The zero-order valence-corrected chi connectivity index (χ0v) is 29.9. The Morgan fingerprint density at radius 3 is 1.69 bits per heavy atom. The van der Waals surface area contributed by atoms with Crippen molar-refractivity contribution in [2.75, 3.05) is 4.90 Å². The fourth-order valence-corrected chi connectivity index (χ4v) is 10.9. The maximum atomic E-state index is 2.52. The highest BCUT2D eigenvalue weighted by Crippen LogP contribution is 2.65. The molecule has 52 heavy (non-hydrogen) atoms. The van der Waals surface area contributed by atoms with Crippen LogP contribution in [0.5, 0.6) is 0 Å². The summed E-state index contributed by atoms with van der Waals surface area (Å²) in [5.41, 5.74) is 16.3. The van der Waals surface area contributed by atoms with Gasteiger partial charge in [0.15, 0.2) is 0 Å². The van der Waals surface area contributed by atoms with Crippen LogP contribution in [0.3, 0.4) is 0 Å². The lowest BCUT2D eigenvalue weighted by atomic mass is 9.66. The second-order valence-electron chi connectivity index (χ2n) is 14.9. The molecule has 1 aliphatic heterocycles. The minimum absolute atomic E-state index is 0.110. The molecular formula is C50H35NS. The third-order valence-electron chi connectivity index (χ3n) is 11.9. The summed E-state index contributed by atoms with van der Waals surface area (Å²) in [7, 11) is 0. The van der Waals surface area contributed by atoms with Gasteiger partial charge in [-0.3, -0.25) is 0 Å². The lowest BCUT2D eigenvalue weighted by Crippen LogP contribution is -2.34. The van der Waals surface area contributed by atoms with Crippen LogP contribution in [0.15, 0.2) is 186 Å². The fourth-order valence-electron chi connectivity index (χ4n) is 9.65. The Morgan fingerprint density at radius 1 is 0.404 bits per heavy atom. The van der Waals surface area contributed by atoms with Crippen molar-refractivity contribution in [1.82, 2.24) is 0 Å². The molecule has 0 radical (unpaired) electrons. The van der Waals surface area contributed by atoms with E-state index in [0.29, 0.717) is 0 Å². The Hall–Kier alpha value is -5.83. The van der Waals surface area contributed by atoms with E-state index in [1.54, 1.807) is 0 Å². The number of fused-ring (bicyclic) bond motifs is 13. The molecule has 0 amide bonds. The van der Waals surface area contributed by atoms with E-state index in [4.69, 9.17) is 0 Å². The first kappa shape index (κ1) is 29.9. The van der Waals surface area contributed by atoms with E-state index < -0.39 is 5.41 Å². The molecular weight excluding hydrogens is 647 g/mol. The maximum Gasteiger partial charge on any atom is 0.0756 e. The molecule has 0 unspecified atom stereocenters. The smallest absolute Gasteiger partial charge is 0.0756 e. The molecule has 1 heterocycles. The molecule has 8 aromatic carbocycles. The minimum atomic E-state index is -0.525. The largest absolute Gasteiger partial charge is 0.310 e. The number of para-hydroxylation sites is 1. The third-order valence-corrected chi connectivity index (χ3v) is 13.0. The highest BCUT2D eigenvalue weighted by Gasteiger charge is 2.52. The first-order valence-electron chi connectivity index (χ1n) is 18.2. The number of rotatable bonds is 3. The predicted octanol–water partition coefficient (Wildman–Crippen LogP) is 13.4. The SMILES string of the molecule is CC1(C)c2ccccc2-c2ccc(N(c3ccccc3)c3cccc4c3C3(c5cc6ccccc6cc5S4)c4ccccc4-c4ccccc43)cc21. The molecule has 8 aromatic rings. The van der Waals surface area contributed by atoms with Gasteiger partial charge in [0.2, 0.25) is 0 Å². The normalized spacial score (nSPS) is 15.0. The van der Waals surface area contributed by atoms with Crippen molar-refractivity contribution >= 4 is 39.6 Å². The monoisotopic (exact) mass is 681 g/mol. The molecule has 0 N–H and O–H groups in total. The van der Waals surface area contributed by atoms with Gasteiger partial charge in [-0.05, 0) is 109 Å². The van der Waals surface area contributed by atoms with E-state index >= 15 is 0 Å². The van der Waals surface area contributed by atoms with Crippen LogP contribution in [0.4, 0.5) is 17.1 Å². The lowest BCUT2D eigenvalue weighted by Gasteiger charge is -2.43. The van der Waals surface area contributed by atoms with Crippen molar-refractivity contribution < 1.29 is 0 Å². The second-order valence-corrected chi connectivity index (χ2v) is 15.9. The van der Waals surface area contributed by atoms with Gasteiger partial charge in [-0.15, -0.1) is 0 Å². The molecule has 0 atom stereocenters. The van der Waals surface area contributed by atoms with Gasteiger partial charge in [0.25, 0.3) is 0 Å². The Kier molecular flexibility index (Phi) is 6.22. The van der Waals surface area contributed by atoms with Crippen LogP contribution in [0, 0.1) is 0 Å². The van der Waals surface area contributed by atoms with Gasteiger partial charge in [-0.25, -0.2) is 0 Å². The van der Waals surface area contributed by atoms with E-state index in [1.807, 2.05) is 11.8 Å². The Balaban J connectivity index is 1.25. The molecule has 1 nitrogen and oxygen atoms in total. The quantitative estimate of drug-likeness (QED) is 0.183. The molecule has 3 aliphatic rings. The number of nitrogens with zero attached hydrogens (tertiary/aromatic N) is 1. The Bertz CT molecular complexity index is 2710. The van der Waals surface area contributed by atoms with Gasteiger partial charge >= 0.3 is 0 Å². The number of hydrogen-bond acceptors (Lipinski definition) is 2. The second kappa shape index (κ2) is 10.8. The van der Waals surface area contributed by atoms with Crippen molar-refractivity contribution in [3.05, 3.63) is 209 Å². The summed E-state index contributed by atoms with van der Waals surface area (Å²) < 4.78 is 0. The first-order valence-corrected chi connectivity index (χ1v) is 19.0. The van der Waals surface area contributed by atoms with Crippen LogP contribution in [-0.4, -0.2) is 0 Å². The molecule has 0 saturated heterocycles. The van der Waals surface area contributed by atoms with E-state index in [-0.39, 0.29) is 5.41 Å². The lowest BCUT2D eigenvalue weighted by molar-refractivity contribution is 0.660. The van der Waals surface area contributed by atoms with E-state index in [9.17, 15) is 0 Å². The summed E-state index contributed by atoms with van der Waals surface area (Å²) in [5, 5.41) is 2.54. The summed E-state index contributed by atoms with van der Waals surface area (Å²) >= 11 is 1.91. The van der Waals surface area contributed by atoms with Crippen LogP contribution < -0.4 is 4.90 Å². The topological polar surface area (TPSA) is 3.24 Å². The van der Waals surface area contributed by atoms with Gasteiger partial charge in [-0.2, -0.15) is 0 Å². The van der Waals surface area contributed by atoms with Gasteiger partial charge < -0.3 is 4.90 Å². The predicted molar refractivity (Wildman–Crippen MR) is 218 cm³/mol. The van der Waals surface area contributed by atoms with Gasteiger partial charge in [0.1, 0.15) is 0 Å². The number of hydrogen-bond donors (Lipinski definition) is 0. The van der Waals surface area contributed by atoms with Gasteiger partial charge in [0.05, 0.1) is 11.1 Å². The summed E-state index contributed by atoms with van der Waals surface area (Å²) in [6.07, 6.45) is 0. The first-order chi connectivity index (χ1) is 25.5. The highest BCUT2D eigenvalue weighted by atomic mass is 32.2. The number of anilines is 3. The molecule has 0 bridgehead atoms. The summed E-state index contributed by atoms with van der Waals surface area (Å²) in [5.74, 6) is 0. The van der Waals surface area contributed by atoms with Crippen LogP contribution in [0.2, 0.25) is 0 Å². The van der Waals surface area contributed by atoms with Gasteiger partial charge in [0, 0.05) is 32.1 Å². The Morgan fingerprint density at radius 2 is 0.981 bits per heavy atom. The van der Waals surface area contributed by atoms with Crippen LogP contribution in [0.1, 0.15) is 47.2 Å². The average Bonchev–Trinajstić information content (AvgIpc) is 3.60. The highest BCUT2D eigenvalue weighted by molar-refractivity contribution is 7.99. The van der Waals surface area contributed by atoms with Crippen molar-refractivity contribution in [3.8, 4) is 22.3 Å².